The molecule has 0 fully saturated rings. The second kappa shape index (κ2) is 7.51. The molecule has 0 aliphatic carbocycles. The van der Waals surface area contributed by atoms with Crippen molar-refractivity contribution in [1.82, 2.24) is 0 Å². The summed E-state index contributed by atoms with van der Waals surface area (Å²) in [5.74, 6) is 0. The van der Waals surface area contributed by atoms with Gasteiger partial charge in [-0.05, 0) is 35.6 Å². The normalized spacial score (nSPS) is 10.4. The predicted molar refractivity (Wildman–Crippen MR) is 85.2 cm³/mol. The minimum Gasteiger partial charge on any atom is -0.398 e. The zero-order valence-corrected chi connectivity index (χ0v) is 11.7. The van der Waals surface area contributed by atoms with E-state index in [4.69, 9.17) is 10.5 Å². The minimum atomic E-state index is 0.667. The quantitative estimate of drug-likeness (QED) is 0.600. The highest BCUT2D eigenvalue weighted by atomic mass is 16.5. The van der Waals surface area contributed by atoms with Crippen molar-refractivity contribution in [3.63, 3.8) is 0 Å². The van der Waals surface area contributed by atoms with E-state index < -0.39 is 0 Å². The van der Waals surface area contributed by atoms with Crippen LogP contribution in [0, 0.1) is 0 Å². The van der Waals surface area contributed by atoms with Gasteiger partial charge in [0.2, 0.25) is 0 Å². The minimum absolute atomic E-state index is 0.667. The zero-order valence-electron chi connectivity index (χ0n) is 11.7. The molecule has 2 aromatic rings. The van der Waals surface area contributed by atoms with Gasteiger partial charge in [-0.25, -0.2) is 0 Å². The van der Waals surface area contributed by atoms with Gasteiger partial charge in [-0.3, -0.25) is 0 Å². The van der Waals surface area contributed by atoms with E-state index in [9.17, 15) is 0 Å². The van der Waals surface area contributed by atoms with E-state index in [1.54, 1.807) is 0 Å². The maximum Gasteiger partial charge on any atom is 0.0716 e. The lowest BCUT2D eigenvalue weighted by atomic mass is 10.0. The number of rotatable bonds is 7. The number of benzene rings is 2. The van der Waals surface area contributed by atoms with Crippen molar-refractivity contribution in [1.29, 1.82) is 0 Å². The molecule has 0 spiro atoms. The van der Waals surface area contributed by atoms with Crippen molar-refractivity contribution >= 4 is 11.3 Å². The molecule has 0 amide bonds. The van der Waals surface area contributed by atoms with E-state index in [1.807, 2.05) is 42.5 Å². The summed E-state index contributed by atoms with van der Waals surface area (Å²) >= 11 is 0. The lowest BCUT2D eigenvalue weighted by Crippen LogP contribution is -1.97. The third-order valence-electron chi connectivity index (χ3n) is 3.22. The standard InChI is InChI=1S/C18H21NO/c1-15(17-11-5-6-12-18(17)19)8-7-13-20-14-16-9-3-2-4-10-16/h2-6,9-12H,1,7-8,13-14,19H2. The summed E-state index contributed by atoms with van der Waals surface area (Å²) in [7, 11) is 0. The number of allylic oxidation sites excluding steroid dienone is 1. The third-order valence-corrected chi connectivity index (χ3v) is 3.22. The fourth-order valence-corrected chi connectivity index (χ4v) is 2.11. The van der Waals surface area contributed by atoms with Gasteiger partial charge >= 0.3 is 0 Å². The fraction of sp³-hybridized carbons (Fsp3) is 0.222. The van der Waals surface area contributed by atoms with Crippen LogP contribution in [0.15, 0.2) is 61.2 Å². The molecule has 2 N–H and O–H groups in total. The highest BCUT2D eigenvalue weighted by Gasteiger charge is 2.02. The molecular formula is C18H21NO. The van der Waals surface area contributed by atoms with Crippen molar-refractivity contribution in [2.24, 2.45) is 0 Å². The van der Waals surface area contributed by atoms with Gasteiger partial charge in [-0.2, -0.15) is 0 Å². The molecule has 2 rings (SSSR count). The van der Waals surface area contributed by atoms with Gasteiger partial charge in [0.25, 0.3) is 0 Å². The number of anilines is 1. The summed E-state index contributed by atoms with van der Waals surface area (Å²) in [5.41, 5.74) is 10.1. The molecule has 2 nitrogen and oxygen atoms in total. The van der Waals surface area contributed by atoms with Crippen molar-refractivity contribution in [3.05, 3.63) is 72.3 Å². The summed E-state index contributed by atoms with van der Waals surface area (Å²) in [6.45, 7) is 5.51. The van der Waals surface area contributed by atoms with Crippen molar-refractivity contribution < 1.29 is 4.74 Å². The molecule has 0 bridgehead atoms. The maximum atomic E-state index is 5.94. The number of para-hydroxylation sites is 1. The van der Waals surface area contributed by atoms with E-state index in [1.165, 1.54) is 5.56 Å². The zero-order chi connectivity index (χ0) is 14.2. The van der Waals surface area contributed by atoms with Crippen LogP contribution in [0.1, 0.15) is 24.0 Å². The van der Waals surface area contributed by atoms with Gasteiger partial charge in [0, 0.05) is 12.3 Å². The molecule has 0 aliphatic rings. The van der Waals surface area contributed by atoms with Crippen LogP contribution in [0.25, 0.3) is 5.57 Å². The molecule has 0 atom stereocenters. The molecule has 0 aromatic heterocycles. The van der Waals surface area contributed by atoms with Crippen molar-refractivity contribution in [2.75, 3.05) is 12.3 Å². The summed E-state index contributed by atoms with van der Waals surface area (Å²) in [6.07, 6.45) is 1.86. The smallest absolute Gasteiger partial charge is 0.0716 e. The van der Waals surface area contributed by atoms with Crippen LogP contribution < -0.4 is 5.73 Å². The molecule has 2 aromatic carbocycles. The van der Waals surface area contributed by atoms with Gasteiger partial charge in [0.05, 0.1) is 6.61 Å². The van der Waals surface area contributed by atoms with Crippen LogP contribution in [0.3, 0.4) is 0 Å². The molecule has 0 saturated heterocycles. The van der Waals surface area contributed by atoms with Crippen molar-refractivity contribution in [3.8, 4) is 0 Å². The molecule has 20 heavy (non-hydrogen) atoms. The van der Waals surface area contributed by atoms with Crippen LogP contribution in [-0.2, 0) is 11.3 Å². The number of ether oxygens (including phenoxy) is 1. The Morgan fingerprint density at radius 3 is 2.45 bits per heavy atom. The monoisotopic (exact) mass is 267 g/mol. The lowest BCUT2D eigenvalue weighted by Gasteiger charge is -2.09. The highest BCUT2D eigenvalue weighted by molar-refractivity contribution is 5.73. The molecule has 0 saturated carbocycles. The number of hydrogen-bond donors (Lipinski definition) is 1. The second-order valence-corrected chi connectivity index (χ2v) is 4.83. The van der Waals surface area contributed by atoms with Gasteiger partial charge in [-0.1, -0.05) is 55.1 Å². The Morgan fingerprint density at radius 1 is 1.00 bits per heavy atom. The molecule has 2 heteroatoms. The Labute approximate surface area is 120 Å². The van der Waals surface area contributed by atoms with E-state index in [0.29, 0.717) is 6.61 Å². The van der Waals surface area contributed by atoms with Crippen LogP contribution in [-0.4, -0.2) is 6.61 Å². The van der Waals surface area contributed by atoms with E-state index >= 15 is 0 Å². The topological polar surface area (TPSA) is 35.2 Å². The summed E-state index contributed by atoms with van der Waals surface area (Å²) in [4.78, 5) is 0. The first-order chi connectivity index (χ1) is 9.77. The SMILES string of the molecule is C=C(CCCOCc1ccccc1)c1ccccc1N. The predicted octanol–water partition coefficient (Wildman–Crippen LogP) is 4.28. The molecule has 0 heterocycles. The maximum absolute atomic E-state index is 5.94. The Kier molecular flexibility index (Phi) is 5.39. The number of hydrogen-bond acceptors (Lipinski definition) is 2. The largest absolute Gasteiger partial charge is 0.398 e. The Morgan fingerprint density at radius 2 is 1.70 bits per heavy atom. The Hall–Kier alpha value is -2.06. The summed E-state index contributed by atoms with van der Waals surface area (Å²) in [6, 6.07) is 18.1. The molecule has 0 radical (unpaired) electrons. The average Bonchev–Trinajstić information content (AvgIpc) is 2.48. The Bertz CT molecular complexity index is 548. The highest BCUT2D eigenvalue weighted by Crippen LogP contribution is 2.23. The molecule has 0 unspecified atom stereocenters. The second-order valence-electron chi connectivity index (χ2n) is 4.83. The molecular weight excluding hydrogens is 246 g/mol. The van der Waals surface area contributed by atoms with Crippen molar-refractivity contribution in [2.45, 2.75) is 19.4 Å². The van der Waals surface area contributed by atoms with Gasteiger partial charge in [0.1, 0.15) is 0 Å². The van der Waals surface area contributed by atoms with E-state index in [0.717, 1.165) is 36.3 Å². The number of nitrogens with two attached hydrogens (primary N) is 1. The van der Waals surface area contributed by atoms with Crippen LogP contribution in [0.5, 0.6) is 0 Å². The van der Waals surface area contributed by atoms with Gasteiger partial charge in [0.15, 0.2) is 0 Å². The van der Waals surface area contributed by atoms with Crippen LogP contribution in [0.2, 0.25) is 0 Å². The van der Waals surface area contributed by atoms with Gasteiger partial charge < -0.3 is 10.5 Å². The lowest BCUT2D eigenvalue weighted by molar-refractivity contribution is 0.119. The van der Waals surface area contributed by atoms with Crippen LogP contribution in [0.4, 0.5) is 5.69 Å². The number of nitrogen functional groups attached to an aromatic ring is 1. The fourth-order valence-electron chi connectivity index (χ4n) is 2.11. The summed E-state index contributed by atoms with van der Waals surface area (Å²) in [5, 5.41) is 0. The third kappa shape index (κ3) is 4.25. The molecule has 104 valence electrons. The summed E-state index contributed by atoms with van der Waals surface area (Å²) < 4.78 is 5.66. The van der Waals surface area contributed by atoms with Gasteiger partial charge in [-0.15, -0.1) is 0 Å². The first kappa shape index (κ1) is 14.4. The molecule has 0 aliphatic heterocycles. The van der Waals surface area contributed by atoms with Crippen LogP contribution >= 0.6 is 0 Å². The first-order valence-corrected chi connectivity index (χ1v) is 6.91. The van der Waals surface area contributed by atoms with E-state index in [-0.39, 0.29) is 0 Å². The first-order valence-electron chi connectivity index (χ1n) is 6.91. The average molecular weight is 267 g/mol. The Balaban J connectivity index is 1.69. The van der Waals surface area contributed by atoms with E-state index in [2.05, 4.69) is 18.7 Å².